The van der Waals surface area contributed by atoms with Gasteiger partial charge in [-0.05, 0) is 12.8 Å². The number of hydrogen-bond donors (Lipinski definition) is 0. The van der Waals surface area contributed by atoms with E-state index in [-0.39, 0.29) is 0 Å². The van der Waals surface area contributed by atoms with Crippen LogP contribution in [0.1, 0.15) is 12.8 Å². The molecule has 0 aliphatic carbocycles. The molecule has 2 nitrogen and oxygen atoms in total. The summed E-state index contributed by atoms with van der Waals surface area (Å²) in [5.74, 6) is 0. The summed E-state index contributed by atoms with van der Waals surface area (Å²) in [5.41, 5.74) is 0. The predicted molar refractivity (Wildman–Crippen MR) is 24.5 cm³/mol. The Morgan fingerprint density at radius 1 is 1.57 bits per heavy atom. The molecule has 0 amide bonds. The molecule has 1 heterocycles. The highest BCUT2D eigenvalue weighted by Crippen LogP contribution is 2.04. The Labute approximate surface area is 43.1 Å². The lowest BCUT2D eigenvalue weighted by Gasteiger charge is -2.13. The van der Waals surface area contributed by atoms with Crippen LogP contribution >= 0.6 is 0 Å². The fraction of sp³-hybridized carbons (Fsp3) is 1.00. The minimum Gasteiger partial charge on any atom is -0.379 e. The molecule has 0 unspecified atom stereocenters. The van der Waals surface area contributed by atoms with Crippen molar-refractivity contribution in [3.8, 4) is 0 Å². The van der Waals surface area contributed by atoms with Gasteiger partial charge in [-0.1, -0.05) is 0 Å². The lowest BCUT2D eigenvalue weighted by Crippen LogP contribution is -2.20. The van der Waals surface area contributed by atoms with Gasteiger partial charge in [0.05, 0.1) is 6.61 Å². The first-order valence-corrected chi connectivity index (χ1v) is 2.63. The Morgan fingerprint density at radius 2 is 2.43 bits per heavy atom. The normalized spacial score (nSPS) is 33.0. The van der Waals surface area contributed by atoms with E-state index < -0.39 is 6.10 Å². The second kappa shape index (κ2) is 2.28. The first kappa shape index (κ1) is 5.06. The van der Waals surface area contributed by atoms with E-state index in [4.69, 9.17) is 4.74 Å². The smallest absolute Gasteiger partial charge is 0.116 e. The van der Waals surface area contributed by atoms with Crippen LogP contribution in [-0.2, 0) is 9.84 Å². The van der Waals surface area contributed by atoms with E-state index in [9.17, 15) is 5.11 Å². The van der Waals surface area contributed by atoms with Crippen molar-refractivity contribution >= 4 is 0 Å². The Morgan fingerprint density at radius 3 is 2.71 bits per heavy atom. The van der Waals surface area contributed by atoms with E-state index in [0.717, 1.165) is 19.4 Å². The Bertz CT molecular complexity index is 48.0. The van der Waals surface area contributed by atoms with Gasteiger partial charge in [0, 0.05) is 6.61 Å². The van der Waals surface area contributed by atoms with Gasteiger partial charge in [-0.25, -0.2) is 5.11 Å². The molecule has 1 aliphatic rings. The molecule has 0 aromatic rings. The van der Waals surface area contributed by atoms with E-state index in [1.165, 1.54) is 0 Å². The van der Waals surface area contributed by atoms with Gasteiger partial charge in [-0.2, -0.15) is 0 Å². The topological polar surface area (TPSA) is 29.1 Å². The molecule has 1 rings (SSSR count). The molecular weight excluding hydrogens is 92.1 g/mol. The summed E-state index contributed by atoms with van der Waals surface area (Å²) in [7, 11) is 0. The zero-order valence-corrected chi connectivity index (χ0v) is 4.22. The molecule has 41 valence electrons. The van der Waals surface area contributed by atoms with Gasteiger partial charge in [0.25, 0.3) is 0 Å². The van der Waals surface area contributed by atoms with Crippen LogP contribution < -0.4 is 0 Å². The van der Waals surface area contributed by atoms with Crippen LogP contribution in [0.5, 0.6) is 0 Å². The molecule has 1 radical (unpaired) electrons. The van der Waals surface area contributed by atoms with Crippen molar-refractivity contribution in [1.29, 1.82) is 0 Å². The number of rotatable bonds is 0. The summed E-state index contributed by atoms with van der Waals surface area (Å²) in [4.78, 5) is 0. The monoisotopic (exact) mass is 101 g/mol. The van der Waals surface area contributed by atoms with Crippen molar-refractivity contribution in [1.82, 2.24) is 0 Å². The van der Waals surface area contributed by atoms with Crippen LogP contribution in [0.4, 0.5) is 0 Å². The predicted octanol–water partition coefficient (Wildman–Crippen LogP) is 0.596. The van der Waals surface area contributed by atoms with Crippen molar-refractivity contribution in [2.75, 3.05) is 13.2 Å². The van der Waals surface area contributed by atoms with Gasteiger partial charge in [-0.3, -0.25) is 0 Å². The van der Waals surface area contributed by atoms with Crippen molar-refractivity contribution in [2.45, 2.75) is 18.9 Å². The molecule has 7 heavy (non-hydrogen) atoms. The maximum absolute atomic E-state index is 10.4. The molecule has 2 heteroatoms. The summed E-state index contributed by atoms with van der Waals surface area (Å²) < 4.78 is 4.87. The quantitative estimate of drug-likeness (QED) is 0.439. The third kappa shape index (κ3) is 1.45. The van der Waals surface area contributed by atoms with Crippen molar-refractivity contribution < 1.29 is 9.84 Å². The zero-order chi connectivity index (χ0) is 5.11. The lowest BCUT2D eigenvalue weighted by molar-refractivity contribution is -0.0406. The van der Waals surface area contributed by atoms with Crippen molar-refractivity contribution in [3.05, 3.63) is 0 Å². The van der Waals surface area contributed by atoms with Gasteiger partial charge in [0.15, 0.2) is 0 Å². The molecule has 0 aromatic carbocycles. The van der Waals surface area contributed by atoms with Gasteiger partial charge in [0.2, 0.25) is 0 Å². The highest BCUT2D eigenvalue weighted by Gasteiger charge is 2.09. The minimum atomic E-state index is -0.436. The van der Waals surface area contributed by atoms with Crippen LogP contribution in [0.15, 0.2) is 0 Å². The fourth-order valence-corrected chi connectivity index (χ4v) is 0.711. The van der Waals surface area contributed by atoms with Gasteiger partial charge < -0.3 is 4.74 Å². The Kier molecular flexibility index (Phi) is 1.65. The number of hydrogen-bond acceptors (Lipinski definition) is 1. The molecule has 0 saturated carbocycles. The SMILES string of the molecule is [O][C@H]1CCCOC1. The third-order valence-electron chi connectivity index (χ3n) is 1.12. The van der Waals surface area contributed by atoms with Crippen LogP contribution in [0.3, 0.4) is 0 Å². The lowest BCUT2D eigenvalue weighted by atomic mass is 10.2. The van der Waals surface area contributed by atoms with Crippen molar-refractivity contribution in [3.63, 3.8) is 0 Å². The maximum atomic E-state index is 10.4. The van der Waals surface area contributed by atoms with Crippen molar-refractivity contribution in [2.24, 2.45) is 0 Å². The first-order chi connectivity index (χ1) is 3.39. The fourth-order valence-electron chi connectivity index (χ4n) is 0.711. The molecule has 1 fully saturated rings. The van der Waals surface area contributed by atoms with Crippen LogP contribution in [0, 0.1) is 0 Å². The first-order valence-electron chi connectivity index (χ1n) is 2.63. The molecule has 1 saturated heterocycles. The summed E-state index contributed by atoms with van der Waals surface area (Å²) >= 11 is 0. The van der Waals surface area contributed by atoms with E-state index in [2.05, 4.69) is 0 Å². The molecule has 0 bridgehead atoms. The molecule has 0 N–H and O–H groups in total. The highest BCUT2D eigenvalue weighted by atomic mass is 16.5. The molecule has 1 atom stereocenters. The molecule has 1 aliphatic heterocycles. The minimum absolute atomic E-state index is 0.431. The van der Waals surface area contributed by atoms with E-state index in [1.54, 1.807) is 0 Å². The highest BCUT2D eigenvalue weighted by molar-refractivity contribution is 4.57. The van der Waals surface area contributed by atoms with Crippen LogP contribution in [-0.4, -0.2) is 19.3 Å². The summed E-state index contributed by atoms with van der Waals surface area (Å²) in [5, 5.41) is 10.4. The zero-order valence-electron chi connectivity index (χ0n) is 4.22. The van der Waals surface area contributed by atoms with Crippen LogP contribution in [0.25, 0.3) is 0 Å². The average Bonchev–Trinajstić information content (AvgIpc) is 1.69. The molecule has 0 aromatic heterocycles. The molecular formula is C5H9O2. The Hall–Kier alpha value is -0.0800. The van der Waals surface area contributed by atoms with Gasteiger partial charge >= 0.3 is 0 Å². The third-order valence-corrected chi connectivity index (χ3v) is 1.12. The standard InChI is InChI=1S/C5H9O2/c6-5-2-1-3-7-4-5/h5H,1-4H2/t5-/m0/s1. The van der Waals surface area contributed by atoms with E-state index >= 15 is 0 Å². The van der Waals surface area contributed by atoms with Gasteiger partial charge in [-0.15, -0.1) is 0 Å². The van der Waals surface area contributed by atoms with E-state index in [0.29, 0.717) is 6.61 Å². The second-order valence-corrected chi connectivity index (χ2v) is 1.84. The summed E-state index contributed by atoms with van der Waals surface area (Å²) in [6.45, 7) is 1.22. The number of ether oxygens (including phenoxy) is 1. The molecule has 0 spiro atoms. The van der Waals surface area contributed by atoms with Gasteiger partial charge in [0.1, 0.15) is 6.10 Å². The maximum Gasteiger partial charge on any atom is 0.116 e. The van der Waals surface area contributed by atoms with E-state index in [1.807, 2.05) is 0 Å². The van der Waals surface area contributed by atoms with Crippen LogP contribution in [0.2, 0.25) is 0 Å². The average molecular weight is 101 g/mol. The Balaban J connectivity index is 2.12. The summed E-state index contributed by atoms with van der Waals surface area (Å²) in [6.07, 6.45) is 1.32. The second-order valence-electron chi connectivity index (χ2n) is 1.84. The summed E-state index contributed by atoms with van der Waals surface area (Å²) in [6, 6.07) is 0. The largest absolute Gasteiger partial charge is 0.379 e.